The van der Waals surface area contributed by atoms with Crippen molar-refractivity contribution < 1.29 is 9.53 Å². The van der Waals surface area contributed by atoms with Crippen LogP contribution in [0.1, 0.15) is 29.1 Å². The molecular formula is C20H25N3O2S. The summed E-state index contributed by atoms with van der Waals surface area (Å²) in [7, 11) is 1.67. The lowest BCUT2D eigenvalue weighted by Gasteiger charge is -2.23. The van der Waals surface area contributed by atoms with Crippen LogP contribution in [0.5, 0.6) is 5.75 Å². The van der Waals surface area contributed by atoms with E-state index in [2.05, 4.69) is 21.3 Å². The van der Waals surface area contributed by atoms with Crippen molar-refractivity contribution in [2.45, 2.75) is 32.9 Å². The third-order valence-electron chi connectivity index (χ3n) is 5.59. The Morgan fingerprint density at radius 2 is 2.12 bits per heavy atom. The lowest BCUT2D eigenvalue weighted by atomic mass is 9.85. The fourth-order valence-electron chi connectivity index (χ4n) is 4.22. The summed E-state index contributed by atoms with van der Waals surface area (Å²) in [5, 5.41) is 3.24. The number of thiazole rings is 1. The number of likely N-dealkylation sites (tertiary alicyclic amines) is 2. The highest BCUT2D eigenvalue weighted by molar-refractivity contribution is 7.09. The van der Waals surface area contributed by atoms with Crippen molar-refractivity contribution in [2.75, 3.05) is 26.7 Å². The first-order chi connectivity index (χ1) is 12.6. The Labute approximate surface area is 158 Å². The second kappa shape index (κ2) is 7.00. The molecule has 5 nitrogen and oxygen atoms in total. The quantitative estimate of drug-likeness (QED) is 0.810. The standard InChI is InChI=1S/C20H25N3O2S/c1-15-21-17(13-26-15)12-22-8-6-20(14-22)7-9-23(19(20)24)11-16-4-3-5-18(10-16)25-2/h3-5,10,13H,6-9,11-12,14H2,1-2H3. The summed E-state index contributed by atoms with van der Waals surface area (Å²) >= 11 is 1.69. The van der Waals surface area contributed by atoms with Crippen molar-refractivity contribution >= 4 is 17.2 Å². The zero-order valence-corrected chi connectivity index (χ0v) is 16.2. The van der Waals surface area contributed by atoms with E-state index in [9.17, 15) is 4.79 Å². The average molecular weight is 372 g/mol. The molecule has 1 unspecified atom stereocenters. The number of amides is 1. The van der Waals surface area contributed by atoms with Crippen molar-refractivity contribution in [2.24, 2.45) is 5.41 Å². The van der Waals surface area contributed by atoms with Gasteiger partial charge in [0.15, 0.2) is 0 Å². The number of aryl methyl sites for hydroxylation is 1. The third kappa shape index (κ3) is 3.35. The Bertz CT molecular complexity index is 806. The highest BCUT2D eigenvalue weighted by atomic mass is 32.1. The first-order valence-corrected chi connectivity index (χ1v) is 10.0. The van der Waals surface area contributed by atoms with Gasteiger partial charge < -0.3 is 9.64 Å². The molecule has 2 aromatic rings. The molecule has 26 heavy (non-hydrogen) atoms. The number of hydrogen-bond acceptors (Lipinski definition) is 5. The molecule has 1 aromatic carbocycles. The Balaban J connectivity index is 1.40. The topological polar surface area (TPSA) is 45.7 Å². The summed E-state index contributed by atoms with van der Waals surface area (Å²) in [6.45, 7) is 6.25. The van der Waals surface area contributed by atoms with Crippen LogP contribution in [0, 0.1) is 12.3 Å². The largest absolute Gasteiger partial charge is 0.497 e. The molecule has 1 atom stereocenters. The number of carbonyl (C=O) groups excluding carboxylic acids is 1. The number of hydrogen-bond donors (Lipinski definition) is 0. The van der Waals surface area contributed by atoms with Crippen LogP contribution in [0.25, 0.3) is 0 Å². The van der Waals surface area contributed by atoms with Gasteiger partial charge in [0, 0.05) is 31.6 Å². The van der Waals surface area contributed by atoms with Gasteiger partial charge in [-0.3, -0.25) is 9.69 Å². The Morgan fingerprint density at radius 3 is 2.88 bits per heavy atom. The van der Waals surface area contributed by atoms with Crippen molar-refractivity contribution in [3.63, 3.8) is 0 Å². The van der Waals surface area contributed by atoms with Gasteiger partial charge in [0.2, 0.25) is 5.91 Å². The minimum absolute atomic E-state index is 0.191. The molecule has 2 fully saturated rings. The summed E-state index contributed by atoms with van der Waals surface area (Å²) in [5.41, 5.74) is 2.06. The van der Waals surface area contributed by atoms with Crippen LogP contribution in [-0.2, 0) is 17.9 Å². The van der Waals surface area contributed by atoms with Crippen molar-refractivity contribution in [3.8, 4) is 5.75 Å². The lowest BCUT2D eigenvalue weighted by Crippen LogP contribution is -2.36. The maximum atomic E-state index is 13.1. The smallest absolute Gasteiger partial charge is 0.230 e. The van der Waals surface area contributed by atoms with Crippen LogP contribution in [-0.4, -0.2) is 47.4 Å². The molecule has 0 saturated carbocycles. The molecule has 0 radical (unpaired) electrons. The lowest BCUT2D eigenvalue weighted by molar-refractivity contribution is -0.136. The predicted molar refractivity (Wildman–Crippen MR) is 102 cm³/mol. The summed E-state index contributed by atoms with van der Waals surface area (Å²) < 4.78 is 5.30. The highest BCUT2D eigenvalue weighted by Gasteiger charge is 2.50. The van der Waals surface area contributed by atoms with E-state index in [0.29, 0.717) is 12.5 Å². The van der Waals surface area contributed by atoms with Gasteiger partial charge in [0.25, 0.3) is 0 Å². The van der Waals surface area contributed by atoms with Gasteiger partial charge in [-0.25, -0.2) is 4.98 Å². The zero-order chi connectivity index (χ0) is 18.1. The first kappa shape index (κ1) is 17.5. The number of ether oxygens (including phenoxy) is 1. The summed E-state index contributed by atoms with van der Waals surface area (Å²) in [6.07, 6.45) is 1.92. The average Bonchev–Trinajstić information content (AvgIpc) is 3.32. The number of benzene rings is 1. The van der Waals surface area contributed by atoms with Crippen LogP contribution in [0.4, 0.5) is 0 Å². The molecule has 1 aromatic heterocycles. The van der Waals surface area contributed by atoms with E-state index in [0.717, 1.165) is 61.0 Å². The molecule has 138 valence electrons. The van der Waals surface area contributed by atoms with Crippen LogP contribution < -0.4 is 4.74 Å². The fourth-order valence-corrected chi connectivity index (χ4v) is 4.82. The van der Waals surface area contributed by atoms with Crippen molar-refractivity contribution in [3.05, 3.63) is 45.9 Å². The van der Waals surface area contributed by atoms with Crippen LogP contribution in [0.2, 0.25) is 0 Å². The minimum Gasteiger partial charge on any atom is -0.497 e. The number of methoxy groups -OCH3 is 1. The summed E-state index contributed by atoms with van der Waals surface area (Å²) in [5.74, 6) is 1.16. The van der Waals surface area contributed by atoms with Gasteiger partial charge in [-0.05, 0) is 44.0 Å². The number of aromatic nitrogens is 1. The first-order valence-electron chi connectivity index (χ1n) is 9.14. The van der Waals surface area contributed by atoms with Crippen molar-refractivity contribution in [1.82, 2.24) is 14.8 Å². The minimum atomic E-state index is -0.191. The predicted octanol–water partition coefficient (Wildman–Crippen LogP) is 3.08. The van der Waals surface area contributed by atoms with E-state index in [1.807, 2.05) is 30.0 Å². The Hall–Kier alpha value is -1.92. The molecule has 2 aliphatic rings. The molecule has 4 rings (SSSR count). The summed E-state index contributed by atoms with van der Waals surface area (Å²) in [4.78, 5) is 22.1. The monoisotopic (exact) mass is 371 g/mol. The Morgan fingerprint density at radius 1 is 1.27 bits per heavy atom. The van der Waals surface area contributed by atoms with Gasteiger partial charge in [0.1, 0.15) is 5.75 Å². The van der Waals surface area contributed by atoms with E-state index < -0.39 is 0 Å². The molecule has 2 saturated heterocycles. The molecule has 0 N–H and O–H groups in total. The second-order valence-electron chi connectivity index (χ2n) is 7.43. The maximum Gasteiger partial charge on any atom is 0.230 e. The molecule has 0 aliphatic carbocycles. The van der Waals surface area contributed by atoms with Gasteiger partial charge in [-0.15, -0.1) is 11.3 Å². The highest BCUT2D eigenvalue weighted by Crippen LogP contribution is 2.41. The van der Waals surface area contributed by atoms with Crippen LogP contribution in [0.3, 0.4) is 0 Å². The van der Waals surface area contributed by atoms with Crippen LogP contribution >= 0.6 is 11.3 Å². The molecule has 1 spiro atoms. The zero-order valence-electron chi connectivity index (χ0n) is 15.4. The second-order valence-corrected chi connectivity index (χ2v) is 8.49. The maximum absolute atomic E-state index is 13.1. The molecule has 3 heterocycles. The molecule has 6 heteroatoms. The van der Waals surface area contributed by atoms with Gasteiger partial charge in [0.05, 0.1) is 23.2 Å². The van der Waals surface area contributed by atoms with E-state index in [1.165, 1.54) is 0 Å². The van der Waals surface area contributed by atoms with Gasteiger partial charge in [-0.2, -0.15) is 0 Å². The number of rotatable bonds is 5. The number of nitrogens with zero attached hydrogens (tertiary/aromatic N) is 3. The summed E-state index contributed by atoms with van der Waals surface area (Å²) in [6, 6.07) is 8.00. The molecule has 2 aliphatic heterocycles. The molecule has 1 amide bonds. The third-order valence-corrected chi connectivity index (χ3v) is 6.42. The number of carbonyl (C=O) groups is 1. The normalized spacial score (nSPS) is 23.3. The molecular weight excluding hydrogens is 346 g/mol. The molecule has 0 bridgehead atoms. The Kier molecular flexibility index (Phi) is 4.71. The van der Waals surface area contributed by atoms with E-state index in [-0.39, 0.29) is 5.41 Å². The van der Waals surface area contributed by atoms with Crippen molar-refractivity contribution in [1.29, 1.82) is 0 Å². The SMILES string of the molecule is COc1cccc(CN2CCC3(CCN(Cc4csc(C)n4)C3)C2=O)c1. The van der Waals surface area contributed by atoms with E-state index >= 15 is 0 Å². The van der Waals surface area contributed by atoms with Gasteiger partial charge >= 0.3 is 0 Å². The van der Waals surface area contributed by atoms with Gasteiger partial charge in [-0.1, -0.05) is 12.1 Å². The fraction of sp³-hybridized carbons (Fsp3) is 0.500. The van der Waals surface area contributed by atoms with Crippen LogP contribution in [0.15, 0.2) is 29.6 Å². The van der Waals surface area contributed by atoms with E-state index in [4.69, 9.17) is 4.74 Å². The van der Waals surface area contributed by atoms with E-state index in [1.54, 1.807) is 18.4 Å².